The molecule has 0 aliphatic heterocycles. The molecule has 0 aliphatic rings. The Morgan fingerprint density at radius 3 is 2.33 bits per heavy atom. The summed E-state index contributed by atoms with van der Waals surface area (Å²) in [4.78, 5) is 12.5. The first-order valence-corrected chi connectivity index (χ1v) is 11.0. The summed E-state index contributed by atoms with van der Waals surface area (Å²) < 4.78 is 22.9. The molecule has 0 atom stereocenters. The molecule has 0 spiro atoms. The highest BCUT2D eigenvalue weighted by Gasteiger charge is 2.13. The summed E-state index contributed by atoms with van der Waals surface area (Å²) in [5.74, 6) is 1.81. The lowest BCUT2D eigenvalue weighted by Gasteiger charge is -2.14. The zero-order chi connectivity index (χ0) is 23.6. The molecule has 0 aromatic heterocycles. The number of methoxy groups -OCH3 is 2. The molecule has 8 heteroatoms. The highest BCUT2D eigenvalue weighted by molar-refractivity contribution is 9.10. The van der Waals surface area contributed by atoms with Crippen molar-refractivity contribution in [3.63, 3.8) is 0 Å². The lowest BCUT2D eigenvalue weighted by atomic mass is 10.2. The quantitative estimate of drug-likeness (QED) is 0.298. The summed E-state index contributed by atoms with van der Waals surface area (Å²) in [6, 6.07) is 18.4. The van der Waals surface area contributed by atoms with Crippen LogP contribution in [0.5, 0.6) is 23.0 Å². The van der Waals surface area contributed by atoms with Crippen molar-refractivity contribution in [1.29, 1.82) is 0 Å². The van der Waals surface area contributed by atoms with Gasteiger partial charge in [0.2, 0.25) is 0 Å². The molecule has 0 saturated carbocycles. The van der Waals surface area contributed by atoms with E-state index in [0.717, 1.165) is 15.6 Å². The molecule has 33 heavy (non-hydrogen) atoms. The van der Waals surface area contributed by atoms with E-state index >= 15 is 0 Å². The van der Waals surface area contributed by atoms with Crippen LogP contribution in [0.1, 0.15) is 28.4 Å². The van der Waals surface area contributed by atoms with Gasteiger partial charge in [-0.3, -0.25) is 4.79 Å². The fourth-order valence-electron chi connectivity index (χ4n) is 2.96. The molecule has 0 heterocycles. The number of rotatable bonds is 10. The fraction of sp³-hybridized carbons (Fsp3) is 0.200. The van der Waals surface area contributed by atoms with E-state index < -0.39 is 5.91 Å². The number of carbonyl (C=O) groups excluding carboxylic acids is 1. The van der Waals surface area contributed by atoms with Crippen molar-refractivity contribution in [3.8, 4) is 23.0 Å². The van der Waals surface area contributed by atoms with Gasteiger partial charge < -0.3 is 18.9 Å². The van der Waals surface area contributed by atoms with Crippen LogP contribution in [0.4, 0.5) is 0 Å². The Balaban J connectivity index is 1.73. The van der Waals surface area contributed by atoms with Gasteiger partial charge in [0, 0.05) is 11.6 Å². The third kappa shape index (κ3) is 6.73. The van der Waals surface area contributed by atoms with Crippen LogP contribution in [0.3, 0.4) is 0 Å². The molecule has 3 aromatic rings. The molecule has 3 rings (SSSR count). The number of hydrogen-bond donors (Lipinski definition) is 1. The van der Waals surface area contributed by atoms with Gasteiger partial charge in [-0.1, -0.05) is 30.3 Å². The number of hydrogen-bond acceptors (Lipinski definition) is 6. The summed E-state index contributed by atoms with van der Waals surface area (Å²) >= 11 is 3.55. The van der Waals surface area contributed by atoms with Crippen LogP contribution >= 0.6 is 15.9 Å². The number of carbonyl (C=O) groups is 1. The third-order valence-corrected chi connectivity index (χ3v) is 5.14. The SMILES string of the molecule is CCOc1cc(/C=N\NC(=O)c2cc(OC)cc(OC)c2)cc(Br)c1OCc1ccccc1. The number of halogens is 1. The number of nitrogens with one attached hydrogen (secondary N) is 1. The van der Waals surface area contributed by atoms with E-state index in [4.69, 9.17) is 18.9 Å². The van der Waals surface area contributed by atoms with Crippen LogP contribution in [0.2, 0.25) is 0 Å². The van der Waals surface area contributed by atoms with E-state index in [9.17, 15) is 4.79 Å². The molecule has 1 N–H and O–H groups in total. The van der Waals surface area contributed by atoms with Crippen molar-refractivity contribution in [1.82, 2.24) is 5.43 Å². The minimum Gasteiger partial charge on any atom is -0.497 e. The lowest BCUT2D eigenvalue weighted by molar-refractivity contribution is 0.0954. The van der Waals surface area contributed by atoms with Crippen LogP contribution in [0.15, 0.2) is 70.2 Å². The summed E-state index contributed by atoms with van der Waals surface area (Å²) in [6.45, 7) is 2.79. The number of nitrogens with zero attached hydrogens (tertiary/aromatic N) is 1. The first-order valence-electron chi connectivity index (χ1n) is 10.2. The largest absolute Gasteiger partial charge is 0.497 e. The third-order valence-electron chi connectivity index (χ3n) is 4.55. The Kier molecular flexibility index (Phi) is 8.71. The van der Waals surface area contributed by atoms with Crippen LogP contribution in [-0.2, 0) is 6.61 Å². The second-order valence-electron chi connectivity index (χ2n) is 6.84. The number of ether oxygens (including phenoxy) is 4. The van der Waals surface area contributed by atoms with Gasteiger partial charge in [-0.25, -0.2) is 5.43 Å². The fourth-order valence-corrected chi connectivity index (χ4v) is 3.54. The molecule has 0 fully saturated rings. The van der Waals surface area contributed by atoms with Crippen molar-refractivity contribution in [2.24, 2.45) is 5.10 Å². The zero-order valence-corrected chi connectivity index (χ0v) is 20.2. The van der Waals surface area contributed by atoms with Crippen molar-refractivity contribution >= 4 is 28.1 Å². The average Bonchev–Trinajstić information content (AvgIpc) is 2.84. The number of benzene rings is 3. The van der Waals surface area contributed by atoms with Crippen molar-refractivity contribution in [2.45, 2.75) is 13.5 Å². The van der Waals surface area contributed by atoms with Gasteiger partial charge in [-0.15, -0.1) is 0 Å². The molecule has 0 aliphatic carbocycles. The van der Waals surface area contributed by atoms with Gasteiger partial charge in [0.1, 0.15) is 18.1 Å². The highest BCUT2D eigenvalue weighted by Crippen LogP contribution is 2.37. The van der Waals surface area contributed by atoms with Crippen LogP contribution < -0.4 is 24.4 Å². The molecule has 0 radical (unpaired) electrons. The van der Waals surface area contributed by atoms with Crippen molar-refractivity contribution in [2.75, 3.05) is 20.8 Å². The van der Waals surface area contributed by atoms with Crippen LogP contribution in [0.25, 0.3) is 0 Å². The van der Waals surface area contributed by atoms with Gasteiger partial charge in [0.15, 0.2) is 11.5 Å². The van der Waals surface area contributed by atoms with Crippen LogP contribution in [0, 0.1) is 0 Å². The molecule has 0 saturated heterocycles. The first kappa shape index (κ1) is 24.1. The average molecular weight is 513 g/mol. The highest BCUT2D eigenvalue weighted by atomic mass is 79.9. The molecular formula is C25H25BrN2O5. The standard InChI is InChI=1S/C25H25BrN2O5/c1-4-32-23-11-18(10-22(26)24(23)33-16-17-8-6-5-7-9-17)15-27-28-25(29)19-12-20(30-2)14-21(13-19)31-3/h5-15H,4,16H2,1-3H3,(H,28,29)/b27-15-. The predicted molar refractivity (Wildman–Crippen MR) is 131 cm³/mol. The molecule has 172 valence electrons. The Hall–Kier alpha value is -3.52. The van der Waals surface area contributed by atoms with E-state index in [2.05, 4.69) is 26.5 Å². The zero-order valence-electron chi connectivity index (χ0n) is 18.6. The van der Waals surface area contributed by atoms with Gasteiger partial charge in [-0.2, -0.15) is 5.10 Å². The van der Waals surface area contributed by atoms with E-state index in [1.54, 1.807) is 24.3 Å². The van der Waals surface area contributed by atoms with Crippen LogP contribution in [-0.4, -0.2) is 32.9 Å². The summed E-state index contributed by atoms with van der Waals surface area (Å²) in [6.07, 6.45) is 1.53. The summed E-state index contributed by atoms with van der Waals surface area (Å²) in [5.41, 5.74) is 4.65. The molecular weight excluding hydrogens is 488 g/mol. The normalized spacial score (nSPS) is 10.7. The Morgan fingerprint density at radius 1 is 1.00 bits per heavy atom. The first-order chi connectivity index (χ1) is 16.0. The molecule has 0 unspecified atom stereocenters. The molecule has 7 nitrogen and oxygen atoms in total. The molecule has 1 amide bonds. The van der Waals surface area contributed by atoms with E-state index in [-0.39, 0.29) is 0 Å². The maximum atomic E-state index is 12.5. The summed E-state index contributed by atoms with van der Waals surface area (Å²) in [7, 11) is 3.05. The second-order valence-corrected chi connectivity index (χ2v) is 7.69. The molecule has 3 aromatic carbocycles. The minimum atomic E-state index is -0.393. The molecule has 0 bridgehead atoms. The Morgan fingerprint density at radius 2 is 1.70 bits per heavy atom. The van der Waals surface area contributed by atoms with Gasteiger partial charge in [0.25, 0.3) is 5.91 Å². The van der Waals surface area contributed by atoms with Gasteiger partial charge >= 0.3 is 0 Å². The topological polar surface area (TPSA) is 78.4 Å². The van der Waals surface area contributed by atoms with Crippen molar-refractivity contribution in [3.05, 3.63) is 81.8 Å². The van der Waals surface area contributed by atoms with E-state index in [1.807, 2.05) is 43.3 Å². The Labute approximate surface area is 201 Å². The van der Waals surface area contributed by atoms with Crippen molar-refractivity contribution < 1.29 is 23.7 Å². The minimum absolute atomic E-state index is 0.365. The summed E-state index contributed by atoms with van der Waals surface area (Å²) in [5, 5.41) is 4.07. The second kappa shape index (κ2) is 11.9. The maximum Gasteiger partial charge on any atom is 0.271 e. The van der Waals surface area contributed by atoms with Gasteiger partial charge in [0.05, 0.1) is 31.5 Å². The monoisotopic (exact) mass is 512 g/mol. The lowest BCUT2D eigenvalue weighted by Crippen LogP contribution is -2.17. The maximum absolute atomic E-state index is 12.5. The number of hydrazone groups is 1. The Bertz CT molecular complexity index is 1100. The predicted octanol–water partition coefficient (Wildman–Crippen LogP) is 5.21. The number of amides is 1. The smallest absolute Gasteiger partial charge is 0.271 e. The van der Waals surface area contributed by atoms with E-state index in [1.165, 1.54) is 20.4 Å². The van der Waals surface area contributed by atoms with Gasteiger partial charge in [-0.05, 0) is 58.2 Å². The van der Waals surface area contributed by atoms with E-state index in [0.29, 0.717) is 41.8 Å².